The number of halogens is 1. The number of rotatable bonds is 4. The standard InChI is InChI=1S/C22H25ClN4O7/c1-4-27(3)13-9-6-7-5-8-11(16(30)21(25-2)26-19(8)23)14(28)10(7)17(31)22(9,34)18(32)12(15(13)29)20(24)33/h7,9,13,28,30,32,34H,4-6H2,1-3H3,(H2,24,33)(H,25,26)/t7-,9-,13?,22-/m0/s1. The van der Waals surface area contributed by atoms with E-state index < -0.39 is 63.8 Å². The second kappa shape index (κ2) is 7.97. The fourth-order valence-electron chi connectivity index (χ4n) is 5.44. The number of nitrogens with one attached hydrogen (secondary N) is 1. The van der Waals surface area contributed by atoms with Crippen LogP contribution in [0.5, 0.6) is 5.75 Å². The summed E-state index contributed by atoms with van der Waals surface area (Å²) in [6.07, 6.45) is 0.0725. The summed E-state index contributed by atoms with van der Waals surface area (Å²) in [5.74, 6) is -7.19. The number of fused-ring (bicyclic) bond motifs is 3. The molecule has 34 heavy (non-hydrogen) atoms. The number of primary amides is 1. The van der Waals surface area contributed by atoms with Crippen molar-refractivity contribution in [3.8, 4) is 5.75 Å². The van der Waals surface area contributed by atoms with Crippen molar-refractivity contribution in [1.82, 2.24) is 9.88 Å². The van der Waals surface area contributed by atoms with Gasteiger partial charge in [0.05, 0.1) is 11.6 Å². The summed E-state index contributed by atoms with van der Waals surface area (Å²) in [6.45, 7) is 2.09. The van der Waals surface area contributed by atoms with E-state index in [4.69, 9.17) is 17.3 Å². The molecule has 4 atom stereocenters. The number of pyridine rings is 1. The van der Waals surface area contributed by atoms with E-state index in [1.165, 1.54) is 7.05 Å². The third kappa shape index (κ3) is 2.97. The highest BCUT2D eigenvalue weighted by molar-refractivity contribution is 6.31. The number of Topliss-reactive ketones (excluding diaryl/α,β-unsaturated/α-hetero) is 2. The minimum absolute atomic E-state index is 0.0109. The second-order valence-electron chi connectivity index (χ2n) is 8.77. The number of likely N-dealkylation sites (N-methyl/N-ethyl adjacent to an activating group) is 1. The molecule has 1 aromatic heterocycles. The Kier molecular flexibility index (Phi) is 5.62. The summed E-state index contributed by atoms with van der Waals surface area (Å²) >= 11 is 6.31. The van der Waals surface area contributed by atoms with Gasteiger partial charge in [0.2, 0.25) is 5.78 Å². The lowest BCUT2D eigenvalue weighted by atomic mass is 9.57. The zero-order chi connectivity index (χ0) is 25.3. The van der Waals surface area contributed by atoms with Crippen LogP contribution in [-0.4, -0.2) is 80.1 Å². The van der Waals surface area contributed by atoms with Gasteiger partial charge in [-0.3, -0.25) is 19.3 Å². The van der Waals surface area contributed by atoms with Gasteiger partial charge in [0, 0.05) is 24.1 Å². The van der Waals surface area contributed by atoms with Gasteiger partial charge >= 0.3 is 0 Å². The van der Waals surface area contributed by atoms with Crippen molar-refractivity contribution in [3.05, 3.63) is 33.2 Å². The van der Waals surface area contributed by atoms with E-state index in [2.05, 4.69) is 10.3 Å². The predicted octanol–water partition coefficient (Wildman–Crippen LogP) is 0.444. The second-order valence-corrected chi connectivity index (χ2v) is 9.13. The lowest BCUT2D eigenvalue weighted by Crippen LogP contribution is -2.66. The first-order valence-corrected chi connectivity index (χ1v) is 11.1. The number of aromatic nitrogens is 1. The Morgan fingerprint density at radius 1 is 1.32 bits per heavy atom. The third-order valence-electron chi connectivity index (χ3n) is 7.19. The number of carbonyl (C=O) groups excluding carboxylic acids is 3. The molecule has 4 rings (SSSR count). The van der Waals surface area contributed by atoms with Crippen LogP contribution in [0.2, 0.25) is 5.15 Å². The SMILES string of the molecule is CCN(C)C1C(=O)C(C(N)=O)=C(O)[C@@]2(O)C(=O)C3=C(O)c4c(O)c(NC)nc(Cl)c4C[C@H]3C[C@@H]12. The van der Waals surface area contributed by atoms with Gasteiger partial charge in [-0.05, 0) is 32.4 Å². The number of aliphatic hydroxyl groups is 3. The molecule has 7 N–H and O–H groups in total. The lowest BCUT2D eigenvalue weighted by Gasteiger charge is -2.50. The number of amides is 1. The predicted molar refractivity (Wildman–Crippen MR) is 121 cm³/mol. The van der Waals surface area contributed by atoms with E-state index in [1.54, 1.807) is 18.9 Å². The molecule has 12 heteroatoms. The van der Waals surface area contributed by atoms with Crippen LogP contribution < -0.4 is 11.1 Å². The molecule has 1 aromatic rings. The number of nitrogens with zero attached hydrogens (tertiary/aromatic N) is 2. The van der Waals surface area contributed by atoms with Crippen molar-refractivity contribution >= 4 is 40.7 Å². The molecule has 0 saturated heterocycles. The number of nitrogens with two attached hydrogens (primary N) is 1. The molecular formula is C22H25ClN4O7. The average Bonchev–Trinajstić information content (AvgIpc) is 2.78. The Hall–Kier alpha value is -3.15. The smallest absolute Gasteiger partial charge is 0.255 e. The molecule has 1 heterocycles. The van der Waals surface area contributed by atoms with Crippen molar-refractivity contribution < 1.29 is 34.8 Å². The molecule has 3 aliphatic rings. The first-order valence-electron chi connectivity index (χ1n) is 10.7. The molecule has 1 amide bonds. The van der Waals surface area contributed by atoms with Gasteiger partial charge in [0.25, 0.3) is 5.91 Å². The summed E-state index contributed by atoms with van der Waals surface area (Å²) in [7, 11) is 3.07. The highest BCUT2D eigenvalue weighted by Gasteiger charge is 2.64. The molecule has 11 nitrogen and oxygen atoms in total. The highest BCUT2D eigenvalue weighted by atomic mass is 35.5. The van der Waals surface area contributed by atoms with Crippen LogP contribution >= 0.6 is 11.6 Å². The zero-order valence-electron chi connectivity index (χ0n) is 18.7. The van der Waals surface area contributed by atoms with Crippen molar-refractivity contribution in [3.63, 3.8) is 0 Å². The van der Waals surface area contributed by atoms with Crippen LogP contribution in [-0.2, 0) is 20.8 Å². The Morgan fingerprint density at radius 2 is 1.97 bits per heavy atom. The molecule has 0 bridgehead atoms. The Balaban J connectivity index is 1.99. The molecule has 1 fully saturated rings. The maximum absolute atomic E-state index is 13.7. The summed E-state index contributed by atoms with van der Waals surface area (Å²) in [4.78, 5) is 44.6. The normalized spacial score (nSPS) is 28.6. The molecule has 0 spiro atoms. The Bertz CT molecular complexity index is 1210. The number of hydrogen-bond acceptors (Lipinski definition) is 10. The molecular weight excluding hydrogens is 468 g/mol. The summed E-state index contributed by atoms with van der Waals surface area (Å²) in [6, 6.07) is -1.13. The maximum atomic E-state index is 13.7. The van der Waals surface area contributed by atoms with E-state index >= 15 is 0 Å². The largest absolute Gasteiger partial charge is 0.508 e. The molecule has 0 aromatic carbocycles. The molecule has 0 radical (unpaired) electrons. The number of aliphatic hydroxyl groups excluding tert-OH is 2. The van der Waals surface area contributed by atoms with Gasteiger partial charge in [-0.2, -0.15) is 0 Å². The zero-order valence-corrected chi connectivity index (χ0v) is 19.5. The molecule has 182 valence electrons. The van der Waals surface area contributed by atoms with Crippen LogP contribution in [0.1, 0.15) is 24.5 Å². The van der Waals surface area contributed by atoms with Crippen LogP contribution in [0.25, 0.3) is 5.76 Å². The number of anilines is 1. The van der Waals surface area contributed by atoms with Gasteiger partial charge in [0.15, 0.2) is 23.0 Å². The van der Waals surface area contributed by atoms with Gasteiger partial charge in [-0.25, -0.2) is 4.98 Å². The van der Waals surface area contributed by atoms with E-state index in [-0.39, 0.29) is 34.9 Å². The van der Waals surface area contributed by atoms with Gasteiger partial charge in [0.1, 0.15) is 22.2 Å². The van der Waals surface area contributed by atoms with Crippen molar-refractivity contribution in [2.45, 2.75) is 31.4 Å². The molecule has 1 saturated carbocycles. The van der Waals surface area contributed by atoms with Gasteiger partial charge in [-0.1, -0.05) is 18.5 Å². The molecule has 1 unspecified atom stereocenters. The van der Waals surface area contributed by atoms with E-state index in [9.17, 15) is 34.8 Å². The van der Waals surface area contributed by atoms with Crippen LogP contribution in [0.3, 0.4) is 0 Å². The number of aromatic hydroxyl groups is 1. The summed E-state index contributed by atoms with van der Waals surface area (Å²) in [5.41, 5.74) is 1.75. The van der Waals surface area contributed by atoms with Crippen molar-refractivity contribution in [1.29, 1.82) is 0 Å². The monoisotopic (exact) mass is 492 g/mol. The highest BCUT2D eigenvalue weighted by Crippen LogP contribution is 2.53. The number of ketones is 2. The summed E-state index contributed by atoms with van der Waals surface area (Å²) in [5, 5.41) is 46.8. The lowest BCUT2D eigenvalue weighted by molar-refractivity contribution is -0.154. The van der Waals surface area contributed by atoms with E-state index in [0.29, 0.717) is 12.1 Å². The minimum atomic E-state index is -2.68. The van der Waals surface area contributed by atoms with E-state index in [1.807, 2.05) is 0 Å². The van der Waals surface area contributed by atoms with Crippen molar-refractivity contribution in [2.24, 2.45) is 17.6 Å². The number of carbonyl (C=O) groups is 3. The third-order valence-corrected chi connectivity index (χ3v) is 7.50. The Labute approximate surface area is 199 Å². The fourth-order valence-corrected chi connectivity index (χ4v) is 5.70. The van der Waals surface area contributed by atoms with E-state index in [0.717, 1.165) is 0 Å². The van der Waals surface area contributed by atoms with Gasteiger partial charge in [-0.15, -0.1) is 0 Å². The number of hydrogen-bond donors (Lipinski definition) is 6. The maximum Gasteiger partial charge on any atom is 0.255 e. The van der Waals surface area contributed by atoms with Gasteiger partial charge < -0.3 is 31.5 Å². The first-order chi connectivity index (χ1) is 15.9. The topological polar surface area (TPSA) is 186 Å². The molecule has 3 aliphatic carbocycles. The van der Waals surface area contributed by atoms with Crippen LogP contribution in [0.4, 0.5) is 5.82 Å². The van der Waals surface area contributed by atoms with Crippen molar-refractivity contribution in [2.75, 3.05) is 26.0 Å². The van der Waals surface area contributed by atoms with Crippen LogP contribution in [0, 0.1) is 11.8 Å². The first kappa shape index (κ1) is 24.0. The fraction of sp³-hybridized carbons (Fsp3) is 0.455. The Morgan fingerprint density at radius 3 is 2.53 bits per heavy atom. The average molecular weight is 493 g/mol. The molecule has 0 aliphatic heterocycles. The van der Waals surface area contributed by atoms with Crippen LogP contribution in [0.15, 0.2) is 16.9 Å². The summed E-state index contributed by atoms with van der Waals surface area (Å²) < 4.78 is 0. The minimum Gasteiger partial charge on any atom is -0.508 e. The quantitative estimate of drug-likeness (QED) is 0.254.